The lowest BCUT2D eigenvalue weighted by atomic mass is 10.1. The van der Waals surface area contributed by atoms with E-state index in [9.17, 15) is 9.59 Å². The van der Waals surface area contributed by atoms with Crippen LogP contribution in [-0.4, -0.2) is 23.0 Å². The van der Waals surface area contributed by atoms with Crippen molar-refractivity contribution in [2.75, 3.05) is 0 Å². The summed E-state index contributed by atoms with van der Waals surface area (Å²) in [6, 6.07) is 14.8. The van der Waals surface area contributed by atoms with E-state index in [0.717, 1.165) is 17.4 Å². The number of para-hydroxylation sites is 1. The number of amides is 2. The average molecular weight is 365 g/mol. The molecular formula is C21H23N3O3. The van der Waals surface area contributed by atoms with Crippen molar-refractivity contribution in [3.05, 3.63) is 65.4 Å². The summed E-state index contributed by atoms with van der Waals surface area (Å²) in [5.74, 6) is -0.217. The Morgan fingerprint density at radius 1 is 1.11 bits per heavy atom. The van der Waals surface area contributed by atoms with Crippen molar-refractivity contribution in [2.24, 2.45) is 0 Å². The minimum absolute atomic E-state index is 0.0853. The van der Waals surface area contributed by atoms with E-state index >= 15 is 0 Å². The normalized spacial score (nSPS) is 11.9. The van der Waals surface area contributed by atoms with Crippen LogP contribution in [0.25, 0.3) is 11.0 Å². The van der Waals surface area contributed by atoms with Gasteiger partial charge in [-0.3, -0.25) is 9.59 Å². The highest BCUT2D eigenvalue weighted by atomic mass is 16.5. The smallest absolute Gasteiger partial charge is 0.251 e. The molecule has 3 rings (SSSR count). The topological polar surface area (TPSA) is 84.2 Å². The van der Waals surface area contributed by atoms with Crippen LogP contribution in [-0.2, 0) is 17.8 Å². The molecule has 1 atom stereocenters. The summed E-state index contributed by atoms with van der Waals surface area (Å²) in [6.07, 6.45) is 1.04. The van der Waals surface area contributed by atoms with E-state index < -0.39 is 0 Å². The molecule has 0 aliphatic rings. The Labute approximate surface area is 157 Å². The van der Waals surface area contributed by atoms with E-state index in [2.05, 4.69) is 15.8 Å². The lowest BCUT2D eigenvalue weighted by Gasteiger charge is -2.11. The summed E-state index contributed by atoms with van der Waals surface area (Å²) in [5.41, 5.74) is 2.83. The van der Waals surface area contributed by atoms with Crippen molar-refractivity contribution in [3.63, 3.8) is 0 Å². The van der Waals surface area contributed by atoms with Crippen molar-refractivity contribution in [2.45, 2.75) is 39.3 Å². The van der Waals surface area contributed by atoms with Crippen molar-refractivity contribution in [1.82, 2.24) is 15.8 Å². The summed E-state index contributed by atoms with van der Waals surface area (Å²) in [7, 11) is 0. The third-order valence-corrected chi connectivity index (χ3v) is 4.48. The first kappa shape index (κ1) is 18.6. The standard InChI is InChI=1S/C21H23N3O3/c1-3-14(2)23-21(26)16-10-8-15(9-11-16)13-22-20(25)12-18-17-6-4-5-7-19(17)27-24-18/h4-11,14H,3,12-13H2,1-2H3,(H,22,25)(H,23,26). The Morgan fingerprint density at radius 3 is 2.59 bits per heavy atom. The zero-order valence-electron chi connectivity index (χ0n) is 15.5. The molecule has 2 amide bonds. The molecule has 2 aromatic carbocycles. The van der Waals surface area contributed by atoms with Crippen molar-refractivity contribution < 1.29 is 14.1 Å². The second-order valence-electron chi connectivity index (χ2n) is 6.56. The summed E-state index contributed by atoms with van der Waals surface area (Å²) < 4.78 is 5.22. The number of benzene rings is 2. The third kappa shape index (κ3) is 4.73. The van der Waals surface area contributed by atoms with E-state index in [0.29, 0.717) is 23.4 Å². The molecule has 6 nitrogen and oxygen atoms in total. The van der Waals surface area contributed by atoms with Gasteiger partial charge in [-0.15, -0.1) is 0 Å². The second kappa shape index (κ2) is 8.49. The molecule has 2 N–H and O–H groups in total. The minimum atomic E-state index is -0.132. The molecule has 0 spiro atoms. The first-order chi connectivity index (χ1) is 13.1. The fourth-order valence-electron chi connectivity index (χ4n) is 2.66. The first-order valence-corrected chi connectivity index (χ1v) is 9.06. The summed E-state index contributed by atoms with van der Waals surface area (Å²) in [6.45, 7) is 4.39. The fourth-order valence-corrected chi connectivity index (χ4v) is 2.66. The molecule has 1 aromatic heterocycles. The van der Waals surface area contributed by atoms with Gasteiger partial charge in [0.15, 0.2) is 5.58 Å². The van der Waals surface area contributed by atoms with Gasteiger partial charge in [0.25, 0.3) is 5.91 Å². The van der Waals surface area contributed by atoms with Gasteiger partial charge < -0.3 is 15.2 Å². The average Bonchev–Trinajstić information content (AvgIpc) is 3.09. The predicted molar refractivity (Wildman–Crippen MR) is 103 cm³/mol. The number of carbonyl (C=O) groups excluding carboxylic acids is 2. The molecule has 3 aromatic rings. The Morgan fingerprint density at radius 2 is 1.85 bits per heavy atom. The zero-order valence-corrected chi connectivity index (χ0v) is 15.5. The molecule has 0 radical (unpaired) electrons. The van der Waals surface area contributed by atoms with Crippen molar-refractivity contribution >= 4 is 22.8 Å². The lowest BCUT2D eigenvalue weighted by Crippen LogP contribution is -2.31. The fraction of sp³-hybridized carbons (Fsp3) is 0.286. The minimum Gasteiger partial charge on any atom is -0.356 e. The van der Waals surface area contributed by atoms with Crippen LogP contribution in [0, 0.1) is 0 Å². The number of rotatable bonds is 7. The van der Waals surface area contributed by atoms with Crippen LogP contribution in [0.2, 0.25) is 0 Å². The number of hydrogen-bond donors (Lipinski definition) is 2. The Hall–Kier alpha value is -3.15. The molecule has 0 aliphatic heterocycles. The predicted octanol–water partition coefficient (Wildman–Crippen LogP) is 3.22. The van der Waals surface area contributed by atoms with Gasteiger partial charge in [-0.2, -0.15) is 0 Å². The largest absolute Gasteiger partial charge is 0.356 e. The second-order valence-corrected chi connectivity index (χ2v) is 6.56. The molecule has 1 unspecified atom stereocenters. The number of hydrogen-bond acceptors (Lipinski definition) is 4. The van der Waals surface area contributed by atoms with Crippen LogP contribution in [0.3, 0.4) is 0 Å². The van der Waals surface area contributed by atoms with Crippen LogP contribution in [0.1, 0.15) is 41.9 Å². The monoisotopic (exact) mass is 365 g/mol. The molecule has 0 saturated heterocycles. The molecule has 0 fully saturated rings. The Kier molecular flexibility index (Phi) is 5.86. The molecule has 0 saturated carbocycles. The highest BCUT2D eigenvalue weighted by Crippen LogP contribution is 2.18. The first-order valence-electron chi connectivity index (χ1n) is 9.06. The van der Waals surface area contributed by atoms with Crippen LogP contribution >= 0.6 is 0 Å². The van der Waals surface area contributed by atoms with Gasteiger partial charge in [-0.05, 0) is 43.2 Å². The molecule has 0 aliphatic carbocycles. The molecular weight excluding hydrogens is 342 g/mol. The number of carbonyl (C=O) groups is 2. The van der Waals surface area contributed by atoms with Gasteiger partial charge in [0, 0.05) is 23.5 Å². The number of aromatic nitrogens is 1. The number of nitrogens with one attached hydrogen (secondary N) is 2. The SMILES string of the molecule is CCC(C)NC(=O)c1ccc(CNC(=O)Cc2noc3ccccc23)cc1. The third-order valence-electron chi connectivity index (χ3n) is 4.48. The molecule has 0 bridgehead atoms. The quantitative estimate of drug-likeness (QED) is 0.673. The molecule has 27 heavy (non-hydrogen) atoms. The van der Waals surface area contributed by atoms with Gasteiger partial charge >= 0.3 is 0 Å². The lowest BCUT2D eigenvalue weighted by molar-refractivity contribution is -0.120. The van der Waals surface area contributed by atoms with Crippen molar-refractivity contribution in [3.8, 4) is 0 Å². The van der Waals surface area contributed by atoms with Gasteiger partial charge in [0.05, 0.1) is 6.42 Å². The maximum atomic E-state index is 12.2. The summed E-state index contributed by atoms with van der Waals surface area (Å²) in [4.78, 5) is 24.3. The zero-order chi connectivity index (χ0) is 19.2. The number of nitrogens with zero attached hydrogens (tertiary/aromatic N) is 1. The van der Waals surface area contributed by atoms with Crippen LogP contribution in [0.15, 0.2) is 53.1 Å². The highest BCUT2D eigenvalue weighted by Gasteiger charge is 2.12. The van der Waals surface area contributed by atoms with Crippen LogP contribution in [0.5, 0.6) is 0 Å². The van der Waals surface area contributed by atoms with Crippen LogP contribution in [0.4, 0.5) is 0 Å². The van der Waals surface area contributed by atoms with E-state index in [-0.39, 0.29) is 24.3 Å². The van der Waals surface area contributed by atoms with Crippen LogP contribution < -0.4 is 10.6 Å². The maximum Gasteiger partial charge on any atom is 0.251 e. The highest BCUT2D eigenvalue weighted by molar-refractivity contribution is 5.94. The van der Waals surface area contributed by atoms with Gasteiger partial charge in [-0.1, -0.05) is 36.3 Å². The molecule has 1 heterocycles. The van der Waals surface area contributed by atoms with Crippen molar-refractivity contribution in [1.29, 1.82) is 0 Å². The summed E-state index contributed by atoms with van der Waals surface area (Å²) in [5, 5.41) is 10.6. The van der Waals surface area contributed by atoms with Gasteiger partial charge in [-0.25, -0.2) is 0 Å². The molecule has 140 valence electrons. The van der Waals surface area contributed by atoms with E-state index in [1.54, 1.807) is 12.1 Å². The van der Waals surface area contributed by atoms with E-state index in [1.165, 1.54) is 0 Å². The van der Waals surface area contributed by atoms with Gasteiger partial charge in [0.2, 0.25) is 5.91 Å². The maximum absolute atomic E-state index is 12.2. The van der Waals surface area contributed by atoms with E-state index in [1.807, 2.05) is 50.2 Å². The molecule has 6 heteroatoms. The Bertz CT molecular complexity index is 931. The van der Waals surface area contributed by atoms with Gasteiger partial charge in [0.1, 0.15) is 5.69 Å². The van der Waals surface area contributed by atoms with E-state index in [4.69, 9.17) is 4.52 Å². The number of fused-ring (bicyclic) bond motifs is 1. The summed E-state index contributed by atoms with van der Waals surface area (Å²) >= 11 is 0. The Balaban J connectivity index is 1.53.